The SMILES string of the molecule is CC(C)N(C)Cc1cnc2n1CCN(Cc1ccc(F)cc1)[C@@H]2C. The molecule has 0 radical (unpaired) electrons. The quantitative estimate of drug-likeness (QED) is 0.839. The molecular formula is C19H27FN4. The molecular weight excluding hydrogens is 303 g/mol. The number of benzene rings is 1. The van der Waals surface area contributed by atoms with E-state index in [4.69, 9.17) is 4.98 Å². The lowest BCUT2D eigenvalue weighted by molar-refractivity contribution is 0.152. The zero-order chi connectivity index (χ0) is 17.3. The predicted octanol–water partition coefficient (Wildman–Crippen LogP) is 3.44. The number of imidazole rings is 1. The molecule has 0 fully saturated rings. The van der Waals surface area contributed by atoms with Gasteiger partial charge in [0, 0.05) is 38.4 Å². The van der Waals surface area contributed by atoms with Crippen molar-refractivity contribution in [2.75, 3.05) is 13.6 Å². The predicted molar refractivity (Wildman–Crippen MR) is 94.1 cm³/mol. The lowest BCUT2D eigenvalue weighted by Crippen LogP contribution is -2.37. The summed E-state index contributed by atoms with van der Waals surface area (Å²) >= 11 is 0. The Balaban J connectivity index is 1.72. The van der Waals surface area contributed by atoms with E-state index in [-0.39, 0.29) is 11.9 Å². The van der Waals surface area contributed by atoms with E-state index in [0.29, 0.717) is 6.04 Å². The number of rotatable bonds is 5. The highest BCUT2D eigenvalue weighted by Crippen LogP contribution is 2.27. The third-order valence-corrected chi connectivity index (χ3v) is 5.09. The Morgan fingerprint density at radius 1 is 1.25 bits per heavy atom. The third kappa shape index (κ3) is 3.52. The molecule has 1 aromatic heterocycles. The van der Waals surface area contributed by atoms with Gasteiger partial charge in [-0.15, -0.1) is 0 Å². The highest BCUT2D eigenvalue weighted by atomic mass is 19.1. The number of halogens is 1. The first-order valence-corrected chi connectivity index (χ1v) is 8.68. The van der Waals surface area contributed by atoms with E-state index >= 15 is 0 Å². The van der Waals surface area contributed by atoms with Crippen LogP contribution in [-0.2, 0) is 19.6 Å². The third-order valence-electron chi connectivity index (χ3n) is 5.09. The van der Waals surface area contributed by atoms with Crippen molar-refractivity contribution in [3.8, 4) is 0 Å². The summed E-state index contributed by atoms with van der Waals surface area (Å²) in [7, 11) is 2.15. The van der Waals surface area contributed by atoms with Crippen LogP contribution in [0.15, 0.2) is 30.5 Å². The Kier molecular flexibility index (Phi) is 5.01. The lowest BCUT2D eigenvalue weighted by atomic mass is 10.1. The second kappa shape index (κ2) is 7.03. The first-order chi connectivity index (χ1) is 11.5. The topological polar surface area (TPSA) is 24.3 Å². The molecule has 1 aliphatic rings. The van der Waals surface area contributed by atoms with Gasteiger partial charge in [0.1, 0.15) is 11.6 Å². The number of aromatic nitrogens is 2. The van der Waals surface area contributed by atoms with Crippen molar-refractivity contribution < 1.29 is 4.39 Å². The molecule has 24 heavy (non-hydrogen) atoms. The molecule has 1 aromatic carbocycles. The van der Waals surface area contributed by atoms with Gasteiger partial charge in [0.2, 0.25) is 0 Å². The normalized spacial score (nSPS) is 18.4. The lowest BCUT2D eigenvalue weighted by Gasteiger charge is -2.35. The van der Waals surface area contributed by atoms with Crippen LogP contribution in [0.3, 0.4) is 0 Å². The minimum absolute atomic E-state index is 0.181. The Morgan fingerprint density at radius 3 is 2.62 bits per heavy atom. The smallest absolute Gasteiger partial charge is 0.126 e. The van der Waals surface area contributed by atoms with E-state index in [9.17, 15) is 4.39 Å². The molecule has 0 saturated carbocycles. The molecule has 4 nitrogen and oxygen atoms in total. The van der Waals surface area contributed by atoms with Crippen LogP contribution < -0.4 is 0 Å². The second-order valence-corrected chi connectivity index (χ2v) is 7.04. The van der Waals surface area contributed by atoms with E-state index in [1.54, 1.807) is 0 Å². The van der Waals surface area contributed by atoms with Crippen LogP contribution in [0.1, 0.15) is 43.9 Å². The molecule has 0 aliphatic carbocycles. The van der Waals surface area contributed by atoms with Crippen molar-refractivity contribution in [3.63, 3.8) is 0 Å². The minimum Gasteiger partial charge on any atom is -0.328 e. The molecule has 130 valence electrons. The van der Waals surface area contributed by atoms with Gasteiger partial charge in [0.05, 0.1) is 11.7 Å². The van der Waals surface area contributed by atoms with E-state index in [2.05, 4.69) is 42.2 Å². The Morgan fingerprint density at radius 2 is 1.96 bits per heavy atom. The first kappa shape index (κ1) is 17.1. The average Bonchev–Trinajstić information content (AvgIpc) is 2.95. The van der Waals surface area contributed by atoms with Gasteiger partial charge < -0.3 is 4.57 Å². The van der Waals surface area contributed by atoms with Crippen molar-refractivity contribution in [3.05, 3.63) is 53.4 Å². The van der Waals surface area contributed by atoms with Crippen LogP contribution in [0, 0.1) is 5.82 Å². The summed E-state index contributed by atoms with van der Waals surface area (Å²) in [6.07, 6.45) is 2.02. The van der Waals surface area contributed by atoms with Crippen LogP contribution in [0.4, 0.5) is 4.39 Å². The largest absolute Gasteiger partial charge is 0.328 e. The highest BCUT2D eigenvalue weighted by Gasteiger charge is 2.27. The van der Waals surface area contributed by atoms with Crippen molar-refractivity contribution >= 4 is 0 Å². The monoisotopic (exact) mass is 330 g/mol. The Hall–Kier alpha value is -1.72. The molecule has 2 aromatic rings. The van der Waals surface area contributed by atoms with Gasteiger partial charge >= 0.3 is 0 Å². The van der Waals surface area contributed by atoms with Crippen molar-refractivity contribution in [1.82, 2.24) is 19.4 Å². The van der Waals surface area contributed by atoms with Crippen molar-refractivity contribution in [1.29, 1.82) is 0 Å². The van der Waals surface area contributed by atoms with E-state index < -0.39 is 0 Å². The molecule has 2 heterocycles. The molecule has 0 N–H and O–H groups in total. The van der Waals surface area contributed by atoms with Crippen molar-refractivity contribution in [2.45, 2.75) is 52.5 Å². The second-order valence-electron chi connectivity index (χ2n) is 7.04. The van der Waals surface area contributed by atoms with Crippen LogP contribution in [0.2, 0.25) is 0 Å². The summed E-state index contributed by atoms with van der Waals surface area (Å²) in [6.45, 7) is 10.3. The van der Waals surface area contributed by atoms with Crippen LogP contribution in [0.5, 0.6) is 0 Å². The van der Waals surface area contributed by atoms with E-state index in [0.717, 1.165) is 37.6 Å². The first-order valence-electron chi connectivity index (χ1n) is 8.68. The van der Waals surface area contributed by atoms with Gasteiger partial charge in [-0.3, -0.25) is 9.80 Å². The molecule has 0 unspecified atom stereocenters. The van der Waals surface area contributed by atoms with Crippen LogP contribution in [0.25, 0.3) is 0 Å². The fourth-order valence-electron chi connectivity index (χ4n) is 3.21. The molecule has 1 aliphatic heterocycles. The summed E-state index contributed by atoms with van der Waals surface area (Å²) in [4.78, 5) is 9.43. The Labute approximate surface area is 143 Å². The van der Waals surface area contributed by atoms with Gasteiger partial charge in [0.25, 0.3) is 0 Å². The summed E-state index contributed by atoms with van der Waals surface area (Å²) < 4.78 is 15.4. The van der Waals surface area contributed by atoms with Gasteiger partial charge in [-0.25, -0.2) is 9.37 Å². The van der Waals surface area contributed by atoms with Crippen LogP contribution >= 0.6 is 0 Å². The molecule has 0 spiro atoms. The van der Waals surface area contributed by atoms with Crippen LogP contribution in [-0.4, -0.2) is 39.0 Å². The maximum atomic E-state index is 13.1. The fourth-order valence-corrected chi connectivity index (χ4v) is 3.21. The summed E-state index contributed by atoms with van der Waals surface area (Å²) in [5, 5.41) is 0. The zero-order valence-corrected chi connectivity index (χ0v) is 15.0. The molecule has 1 atom stereocenters. The molecule has 3 rings (SSSR count). The molecule has 0 saturated heterocycles. The van der Waals surface area contributed by atoms with Gasteiger partial charge in [-0.2, -0.15) is 0 Å². The zero-order valence-electron chi connectivity index (χ0n) is 15.0. The standard InChI is InChI=1S/C19H27FN4/c1-14(2)22(4)13-18-11-21-19-15(3)23(9-10-24(18)19)12-16-5-7-17(20)8-6-16/h5-8,11,14-15H,9-10,12-13H2,1-4H3/t15-/m1/s1. The number of fused-ring (bicyclic) bond motifs is 1. The molecule has 5 heteroatoms. The maximum absolute atomic E-state index is 13.1. The maximum Gasteiger partial charge on any atom is 0.126 e. The number of nitrogens with zero attached hydrogens (tertiary/aromatic N) is 4. The molecule has 0 amide bonds. The molecule has 0 bridgehead atoms. The van der Waals surface area contributed by atoms with E-state index in [1.165, 1.54) is 17.8 Å². The number of hydrogen-bond acceptors (Lipinski definition) is 3. The number of hydrogen-bond donors (Lipinski definition) is 0. The minimum atomic E-state index is -0.181. The van der Waals surface area contributed by atoms with Gasteiger partial charge in [-0.05, 0) is 45.5 Å². The van der Waals surface area contributed by atoms with E-state index in [1.807, 2.05) is 18.3 Å². The highest BCUT2D eigenvalue weighted by molar-refractivity contribution is 5.17. The summed E-state index contributed by atoms with van der Waals surface area (Å²) in [6, 6.07) is 7.59. The summed E-state index contributed by atoms with van der Waals surface area (Å²) in [5.41, 5.74) is 2.43. The Bertz CT molecular complexity index is 677. The summed E-state index contributed by atoms with van der Waals surface area (Å²) in [5.74, 6) is 0.954. The van der Waals surface area contributed by atoms with Gasteiger partial charge in [0.15, 0.2) is 0 Å². The average molecular weight is 330 g/mol. The van der Waals surface area contributed by atoms with Crippen molar-refractivity contribution in [2.24, 2.45) is 0 Å². The van der Waals surface area contributed by atoms with Gasteiger partial charge in [-0.1, -0.05) is 12.1 Å². The fraction of sp³-hybridized carbons (Fsp3) is 0.526.